The molecule has 0 radical (unpaired) electrons. The van der Waals surface area contributed by atoms with Gasteiger partial charge in [0.1, 0.15) is 0 Å². The molecule has 0 bridgehead atoms. The van der Waals surface area contributed by atoms with Gasteiger partial charge in [-0.3, -0.25) is 4.79 Å². The van der Waals surface area contributed by atoms with E-state index in [0.717, 1.165) is 17.2 Å². The molecule has 1 heteroatoms. The summed E-state index contributed by atoms with van der Waals surface area (Å²) in [6.07, 6.45) is 0.973. The minimum Gasteiger partial charge on any atom is -0.289 e. The summed E-state index contributed by atoms with van der Waals surface area (Å²) in [4.78, 5) is 11.4. The molecule has 0 aromatic heterocycles. The monoisotopic (exact) mass is 174 g/mol. The van der Waals surface area contributed by atoms with Crippen molar-refractivity contribution in [3.05, 3.63) is 32.5 Å². The first-order valence-electron chi connectivity index (χ1n) is 4.76. The number of benzene rings is 1. The maximum absolute atomic E-state index is 11.4. The van der Waals surface area contributed by atoms with Crippen LogP contribution in [-0.2, 0) is 6.42 Å². The first-order valence-corrected chi connectivity index (χ1v) is 4.76. The average molecular weight is 174 g/mol. The van der Waals surface area contributed by atoms with Gasteiger partial charge in [0.25, 0.3) is 0 Å². The molecule has 0 fully saturated rings. The van der Waals surface area contributed by atoms with Crippen LogP contribution in [0.5, 0.6) is 0 Å². The van der Waals surface area contributed by atoms with Crippen LogP contribution in [0.25, 0.3) is 10.8 Å². The van der Waals surface area contributed by atoms with Crippen molar-refractivity contribution in [1.29, 1.82) is 0 Å². The van der Waals surface area contributed by atoms with Crippen LogP contribution in [-0.4, -0.2) is 0 Å². The minimum atomic E-state index is 0.283. The lowest BCUT2D eigenvalue weighted by Crippen LogP contribution is -1.90. The highest BCUT2D eigenvalue weighted by Gasteiger charge is 2.22. The van der Waals surface area contributed by atoms with Crippen LogP contribution in [0.4, 0.5) is 0 Å². The van der Waals surface area contributed by atoms with Crippen LogP contribution in [0.3, 0.4) is 0 Å². The van der Waals surface area contributed by atoms with E-state index in [1.165, 1.54) is 22.3 Å². The second-order valence-corrected chi connectivity index (χ2v) is 3.79. The molecular formula is C12H14O. The Balaban J connectivity index is 2.91. The maximum Gasteiger partial charge on any atom is 0.195 e. The molecule has 2 rings (SSSR count). The first-order chi connectivity index (χ1) is 6.09. The fourth-order valence-electron chi connectivity index (χ4n) is 2.14. The smallest absolute Gasteiger partial charge is 0.195 e. The molecular weight excluding hydrogens is 160 g/mol. The highest BCUT2D eigenvalue weighted by atomic mass is 16.1. The Bertz CT molecular complexity index is 496. The van der Waals surface area contributed by atoms with Gasteiger partial charge in [0.2, 0.25) is 0 Å². The summed E-state index contributed by atoms with van der Waals surface area (Å²) in [6, 6.07) is 0. The fraction of sp³-hybridized carbons (Fsp3) is 0.417. The highest BCUT2D eigenvalue weighted by molar-refractivity contribution is 6.03. The summed E-state index contributed by atoms with van der Waals surface area (Å²) >= 11 is 0. The summed E-state index contributed by atoms with van der Waals surface area (Å²) in [6.45, 7) is 8.39. The number of rotatable bonds is 1. The molecule has 0 N–H and O–H groups in total. The Hall–Kier alpha value is -1.11. The van der Waals surface area contributed by atoms with E-state index in [1.54, 1.807) is 0 Å². The van der Waals surface area contributed by atoms with Gasteiger partial charge in [0, 0.05) is 10.8 Å². The van der Waals surface area contributed by atoms with Gasteiger partial charge in [0.15, 0.2) is 5.43 Å². The molecule has 2 aromatic carbocycles. The summed E-state index contributed by atoms with van der Waals surface area (Å²) < 4.78 is 0. The zero-order valence-corrected chi connectivity index (χ0v) is 8.62. The predicted molar refractivity (Wildman–Crippen MR) is 56.2 cm³/mol. The molecule has 0 aliphatic rings. The van der Waals surface area contributed by atoms with Crippen LogP contribution in [0, 0.1) is 20.8 Å². The van der Waals surface area contributed by atoms with Crippen LogP contribution >= 0.6 is 0 Å². The molecule has 68 valence electrons. The van der Waals surface area contributed by atoms with Crippen molar-refractivity contribution in [2.45, 2.75) is 34.1 Å². The van der Waals surface area contributed by atoms with Gasteiger partial charge >= 0.3 is 0 Å². The second-order valence-electron chi connectivity index (χ2n) is 3.79. The Morgan fingerprint density at radius 1 is 0.923 bits per heavy atom. The van der Waals surface area contributed by atoms with Crippen molar-refractivity contribution in [1.82, 2.24) is 0 Å². The minimum absolute atomic E-state index is 0.283. The molecule has 13 heavy (non-hydrogen) atoms. The third-order valence-corrected chi connectivity index (χ3v) is 3.25. The number of hydrogen-bond acceptors (Lipinski definition) is 1. The first kappa shape index (κ1) is 8.49. The van der Waals surface area contributed by atoms with Crippen molar-refractivity contribution < 1.29 is 0 Å². The second kappa shape index (κ2) is 2.44. The SMILES string of the molecule is CCc1c(C)c(C)c(C)c2c(=O)c12. The van der Waals surface area contributed by atoms with Gasteiger partial charge in [-0.25, -0.2) is 0 Å². The Kier molecular flexibility index (Phi) is 1.59. The van der Waals surface area contributed by atoms with E-state index in [2.05, 4.69) is 20.8 Å². The Morgan fingerprint density at radius 3 is 2.08 bits per heavy atom. The summed E-state index contributed by atoms with van der Waals surface area (Å²) in [5, 5.41) is 2.02. The van der Waals surface area contributed by atoms with Gasteiger partial charge in [-0.15, -0.1) is 0 Å². The van der Waals surface area contributed by atoms with E-state index in [1.807, 2.05) is 6.92 Å². The van der Waals surface area contributed by atoms with Gasteiger partial charge in [-0.1, -0.05) is 6.92 Å². The topological polar surface area (TPSA) is 17.1 Å². The average Bonchev–Trinajstić information content (AvgIpc) is 2.75. The standard InChI is InChI=1S/C12H14O/c1-5-9-7(3)6(2)8(4)10-11(9)12(10)13/h5H2,1-4H3. The predicted octanol–water partition coefficient (Wildman–Crippen LogP) is 2.56. The number of hydrogen-bond donors (Lipinski definition) is 0. The lowest BCUT2D eigenvalue weighted by atomic mass is 9.98. The van der Waals surface area contributed by atoms with E-state index in [9.17, 15) is 4.79 Å². The number of aryl methyl sites for hydroxylation is 2. The Labute approximate surface area is 78.1 Å². The third kappa shape index (κ3) is 0.902. The molecule has 0 heterocycles. The number of fused-ring (bicyclic) bond motifs is 1. The van der Waals surface area contributed by atoms with Crippen LogP contribution in [0.15, 0.2) is 4.79 Å². The normalized spacial score (nSPS) is 11.7. The van der Waals surface area contributed by atoms with Crippen molar-refractivity contribution >= 4 is 10.8 Å². The molecule has 0 aliphatic carbocycles. The zero-order valence-electron chi connectivity index (χ0n) is 8.62. The summed E-state index contributed by atoms with van der Waals surface area (Å²) in [5.74, 6) is 0. The van der Waals surface area contributed by atoms with Gasteiger partial charge < -0.3 is 0 Å². The van der Waals surface area contributed by atoms with Crippen LogP contribution < -0.4 is 5.43 Å². The molecule has 1 nitrogen and oxygen atoms in total. The molecule has 0 atom stereocenters. The molecule has 0 saturated heterocycles. The van der Waals surface area contributed by atoms with E-state index in [0.29, 0.717) is 0 Å². The molecule has 0 aliphatic heterocycles. The van der Waals surface area contributed by atoms with Crippen LogP contribution in [0.2, 0.25) is 0 Å². The van der Waals surface area contributed by atoms with E-state index >= 15 is 0 Å². The van der Waals surface area contributed by atoms with E-state index in [4.69, 9.17) is 0 Å². The largest absolute Gasteiger partial charge is 0.289 e. The lowest BCUT2D eigenvalue weighted by molar-refractivity contribution is 1.11. The molecule has 0 unspecified atom stereocenters. The Morgan fingerprint density at radius 2 is 1.54 bits per heavy atom. The van der Waals surface area contributed by atoms with E-state index < -0.39 is 0 Å². The van der Waals surface area contributed by atoms with Gasteiger partial charge in [0.05, 0.1) is 0 Å². The van der Waals surface area contributed by atoms with Gasteiger partial charge in [-0.2, -0.15) is 0 Å². The molecule has 0 spiro atoms. The molecule has 2 aromatic rings. The third-order valence-electron chi connectivity index (χ3n) is 3.25. The van der Waals surface area contributed by atoms with Crippen LogP contribution in [0.1, 0.15) is 29.2 Å². The molecule has 0 amide bonds. The fourth-order valence-corrected chi connectivity index (χ4v) is 2.14. The zero-order chi connectivity index (χ0) is 9.75. The highest BCUT2D eigenvalue weighted by Crippen LogP contribution is 2.30. The van der Waals surface area contributed by atoms with Crippen molar-refractivity contribution in [3.63, 3.8) is 0 Å². The molecule has 0 saturated carbocycles. The van der Waals surface area contributed by atoms with E-state index in [-0.39, 0.29) is 5.43 Å². The van der Waals surface area contributed by atoms with Crippen molar-refractivity contribution in [3.8, 4) is 0 Å². The quantitative estimate of drug-likeness (QED) is 0.649. The summed E-state index contributed by atoms with van der Waals surface area (Å²) in [5.41, 5.74) is 5.34. The van der Waals surface area contributed by atoms with Gasteiger partial charge in [-0.05, 0) is 49.4 Å². The lowest BCUT2D eigenvalue weighted by Gasteiger charge is -2.07. The van der Waals surface area contributed by atoms with Crippen molar-refractivity contribution in [2.75, 3.05) is 0 Å². The van der Waals surface area contributed by atoms with Crippen molar-refractivity contribution in [2.24, 2.45) is 0 Å². The maximum atomic E-state index is 11.4. The summed E-state index contributed by atoms with van der Waals surface area (Å²) in [7, 11) is 0.